The van der Waals surface area contributed by atoms with E-state index in [0.29, 0.717) is 10.7 Å². The summed E-state index contributed by atoms with van der Waals surface area (Å²) in [6, 6.07) is 5.13. The van der Waals surface area contributed by atoms with Crippen LogP contribution in [0.25, 0.3) is 0 Å². The molecule has 0 aliphatic carbocycles. The summed E-state index contributed by atoms with van der Waals surface area (Å²) in [6.07, 6.45) is 0. The molecule has 0 bridgehead atoms. The molecule has 0 radical (unpaired) electrons. The van der Waals surface area contributed by atoms with Gasteiger partial charge in [-0.15, -0.1) is 0 Å². The van der Waals surface area contributed by atoms with Crippen molar-refractivity contribution in [2.24, 2.45) is 5.84 Å². The molecule has 1 rings (SSSR count). The first-order chi connectivity index (χ1) is 7.06. The van der Waals surface area contributed by atoms with Crippen molar-refractivity contribution in [3.05, 3.63) is 28.8 Å². The van der Waals surface area contributed by atoms with Gasteiger partial charge in [0.25, 0.3) is 0 Å². The van der Waals surface area contributed by atoms with E-state index >= 15 is 0 Å². The van der Waals surface area contributed by atoms with Gasteiger partial charge in [0.15, 0.2) is 0 Å². The molecule has 0 saturated heterocycles. The molecule has 0 aliphatic heterocycles. The Bertz CT molecular complexity index is 386. The van der Waals surface area contributed by atoms with Crippen LogP contribution in [0.5, 0.6) is 0 Å². The number of nitrogens with two attached hydrogens (primary N) is 1. The van der Waals surface area contributed by atoms with Crippen LogP contribution in [-0.2, 0) is 9.59 Å². The molecule has 0 heterocycles. The van der Waals surface area contributed by atoms with Gasteiger partial charge in [0.1, 0.15) is 0 Å². The van der Waals surface area contributed by atoms with Crippen molar-refractivity contribution >= 4 is 29.1 Å². The van der Waals surface area contributed by atoms with Crippen LogP contribution in [0.1, 0.15) is 5.56 Å². The first kappa shape index (κ1) is 11.5. The van der Waals surface area contributed by atoms with E-state index in [9.17, 15) is 9.59 Å². The first-order valence-corrected chi connectivity index (χ1v) is 4.51. The number of para-hydroxylation sites is 1. The Morgan fingerprint density at radius 3 is 2.53 bits per heavy atom. The lowest BCUT2D eigenvalue weighted by Crippen LogP contribution is -2.39. The molecule has 2 amide bonds. The summed E-state index contributed by atoms with van der Waals surface area (Å²) in [5.41, 5.74) is 2.90. The Morgan fingerprint density at radius 1 is 1.33 bits per heavy atom. The average Bonchev–Trinajstić information content (AvgIpc) is 2.22. The van der Waals surface area contributed by atoms with E-state index in [-0.39, 0.29) is 0 Å². The Labute approximate surface area is 91.6 Å². The van der Waals surface area contributed by atoms with Crippen LogP contribution in [0, 0.1) is 6.92 Å². The van der Waals surface area contributed by atoms with Gasteiger partial charge in [-0.2, -0.15) is 0 Å². The molecule has 4 N–H and O–H groups in total. The molecule has 80 valence electrons. The molecule has 0 saturated carbocycles. The van der Waals surface area contributed by atoms with Gasteiger partial charge in [-0.3, -0.25) is 15.0 Å². The SMILES string of the molecule is Cc1cccc(Cl)c1NC(=O)C(=O)NN. The van der Waals surface area contributed by atoms with Crippen molar-refractivity contribution in [3.63, 3.8) is 0 Å². The maximum atomic E-state index is 11.2. The summed E-state index contributed by atoms with van der Waals surface area (Å²) in [5.74, 6) is 3.03. The number of halogens is 1. The number of nitrogens with one attached hydrogen (secondary N) is 2. The van der Waals surface area contributed by atoms with Crippen molar-refractivity contribution < 1.29 is 9.59 Å². The molecule has 6 heteroatoms. The molecule has 0 fully saturated rings. The van der Waals surface area contributed by atoms with Crippen LogP contribution in [-0.4, -0.2) is 11.8 Å². The van der Waals surface area contributed by atoms with E-state index < -0.39 is 11.8 Å². The summed E-state index contributed by atoms with van der Waals surface area (Å²) >= 11 is 5.84. The van der Waals surface area contributed by atoms with Gasteiger partial charge in [-0.25, -0.2) is 5.84 Å². The summed E-state index contributed by atoms with van der Waals surface area (Å²) < 4.78 is 0. The highest BCUT2D eigenvalue weighted by molar-refractivity contribution is 6.41. The Hall–Kier alpha value is -1.59. The average molecular weight is 228 g/mol. The second-order valence-corrected chi connectivity index (χ2v) is 3.27. The molecular weight excluding hydrogens is 218 g/mol. The zero-order valence-corrected chi connectivity index (χ0v) is 8.76. The van der Waals surface area contributed by atoms with Gasteiger partial charge in [0.05, 0.1) is 10.7 Å². The highest BCUT2D eigenvalue weighted by Gasteiger charge is 2.14. The number of benzene rings is 1. The molecule has 5 nitrogen and oxygen atoms in total. The third-order valence-corrected chi connectivity index (χ3v) is 2.11. The summed E-state index contributed by atoms with van der Waals surface area (Å²) in [7, 11) is 0. The van der Waals surface area contributed by atoms with Gasteiger partial charge in [-0.1, -0.05) is 23.7 Å². The minimum absolute atomic E-state index is 0.369. The quantitative estimate of drug-likeness (QED) is 0.284. The smallest absolute Gasteiger partial charge is 0.316 e. The van der Waals surface area contributed by atoms with Crippen LogP contribution in [0.4, 0.5) is 5.69 Å². The number of hydrazine groups is 1. The molecule has 0 aliphatic rings. The summed E-state index contributed by atoms with van der Waals surface area (Å²) in [4.78, 5) is 22.0. The van der Waals surface area contributed by atoms with Crippen molar-refractivity contribution in [3.8, 4) is 0 Å². The van der Waals surface area contributed by atoms with Crippen molar-refractivity contribution in [1.82, 2.24) is 5.43 Å². The maximum absolute atomic E-state index is 11.2. The van der Waals surface area contributed by atoms with E-state index in [1.807, 2.05) is 0 Å². The van der Waals surface area contributed by atoms with E-state index in [4.69, 9.17) is 17.4 Å². The molecule has 0 unspecified atom stereocenters. The topological polar surface area (TPSA) is 84.2 Å². The van der Waals surface area contributed by atoms with Gasteiger partial charge in [-0.05, 0) is 18.6 Å². The van der Waals surface area contributed by atoms with E-state index in [1.165, 1.54) is 0 Å². The second kappa shape index (κ2) is 4.77. The number of carbonyl (C=O) groups is 2. The maximum Gasteiger partial charge on any atom is 0.323 e. The predicted molar refractivity (Wildman–Crippen MR) is 57.1 cm³/mol. The Morgan fingerprint density at radius 2 is 2.00 bits per heavy atom. The highest BCUT2D eigenvalue weighted by atomic mass is 35.5. The third-order valence-electron chi connectivity index (χ3n) is 1.80. The standard InChI is InChI=1S/C9H10ClN3O2/c1-5-3-2-4-6(10)7(5)12-8(14)9(15)13-11/h2-4H,11H2,1H3,(H,12,14)(H,13,15). The lowest BCUT2D eigenvalue weighted by Gasteiger charge is -2.08. The fourth-order valence-corrected chi connectivity index (χ4v) is 1.30. The fraction of sp³-hybridized carbons (Fsp3) is 0.111. The molecule has 1 aromatic rings. The van der Waals surface area contributed by atoms with E-state index in [1.54, 1.807) is 30.5 Å². The van der Waals surface area contributed by atoms with Gasteiger partial charge < -0.3 is 5.32 Å². The van der Waals surface area contributed by atoms with Gasteiger partial charge >= 0.3 is 11.8 Å². The van der Waals surface area contributed by atoms with Crippen molar-refractivity contribution in [2.75, 3.05) is 5.32 Å². The number of carbonyl (C=O) groups excluding carboxylic acids is 2. The fourth-order valence-electron chi connectivity index (χ4n) is 1.03. The van der Waals surface area contributed by atoms with E-state index in [2.05, 4.69) is 5.32 Å². The number of rotatable bonds is 1. The Kier molecular flexibility index (Phi) is 3.65. The number of aryl methyl sites for hydroxylation is 1. The van der Waals surface area contributed by atoms with Crippen LogP contribution in [0.3, 0.4) is 0 Å². The third kappa shape index (κ3) is 2.68. The van der Waals surface area contributed by atoms with Crippen molar-refractivity contribution in [1.29, 1.82) is 0 Å². The van der Waals surface area contributed by atoms with E-state index in [0.717, 1.165) is 5.56 Å². The molecule has 15 heavy (non-hydrogen) atoms. The van der Waals surface area contributed by atoms with Gasteiger partial charge in [0, 0.05) is 0 Å². The number of anilines is 1. The monoisotopic (exact) mass is 227 g/mol. The first-order valence-electron chi connectivity index (χ1n) is 4.13. The van der Waals surface area contributed by atoms with Gasteiger partial charge in [0.2, 0.25) is 0 Å². The minimum Gasteiger partial charge on any atom is -0.316 e. The molecular formula is C9H10ClN3O2. The molecule has 0 atom stereocenters. The lowest BCUT2D eigenvalue weighted by atomic mass is 10.2. The zero-order valence-electron chi connectivity index (χ0n) is 8.00. The Balaban J connectivity index is 2.90. The highest BCUT2D eigenvalue weighted by Crippen LogP contribution is 2.24. The molecule has 0 aromatic heterocycles. The lowest BCUT2D eigenvalue weighted by molar-refractivity contribution is -0.136. The number of hydrogen-bond donors (Lipinski definition) is 3. The van der Waals surface area contributed by atoms with Crippen molar-refractivity contribution in [2.45, 2.75) is 6.92 Å². The normalized spacial score (nSPS) is 9.53. The molecule has 0 spiro atoms. The van der Waals surface area contributed by atoms with Crippen LogP contribution < -0.4 is 16.6 Å². The summed E-state index contributed by atoms with van der Waals surface area (Å²) in [5, 5.41) is 2.73. The number of amides is 2. The minimum atomic E-state index is -0.922. The second-order valence-electron chi connectivity index (χ2n) is 2.86. The molecule has 1 aromatic carbocycles. The number of hydrogen-bond acceptors (Lipinski definition) is 3. The van der Waals surface area contributed by atoms with Crippen LogP contribution >= 0.6 is 11.6 Å². The van der Waals surface area contributed by atoms with Crippen LogP contribution in [0.15, 0.2) is 18.2 Å². The van der Waals surface area contributed by atoms with Crippen LogP contribution in [0.2, 0.25) is 5.02 Å². The zero-order chi connectivity index (χ0) is 11.4. The summed E-state index contributed by atoms with van der Waals surface area (Å²) in [6.45, 7) is 1.77. The predicted octanol–water partition coefficient (Wildman–Crippen LogP) is 0.577. The largest absolute Gasteiger partial charge is 0.323 e.